The molecule has 0 aliphatic rings. The average Bonchev–Trinajstić information content (AvgIpc) is 1.99. The molecule has 0 aliphatic heterocycles. The van der Waals surface area contributed by atoms with Gasteiger partial charge in [0.1, 0.15) is 0 Å². The second kappa shape index (κ2) is 6.42. The van der Waals surface area contributed by atoms with Crippen molar-refractivity contribution in [1.29, 1.82) is 0 Å². The van der Waals surface area contributed by atoms with Crippen LogP contribution in [0.1, 0.15) is 13.8 Å². The first kappa shape index (κ1) is 15.7. The number of alkyl halides is 3. The predicted octanol–water partition coefficient (Wildman–Crippen LogP) is 1.09. The van der Waals surface area contributed by atoms with E-state index in [1.165, 1.54) is 4.90 Å². The Hall–Kier alpha value is -0.330. The highest BCUT2D eigenvalue weighted by atomic mass is 19.4. The zero-order valence-corrected chi connectivity index (χ0v) is 10.1. The lowest BCUT2D eigenvalue weighted by Crippen LogP contribution is -2.44. The minimum Gasteiger partial charge on any atom is -0.395 e. The molecule has 0 fully saturated rings. The summed E-state index contributed by atoms with van der Waals surface area (Å²) in [6.45, 7) is 3.54. The van der Waals surface area contributed by atoms with Gasteiger partial charge in [0.05, 0.1) is 13.2 Å². The fourth-order valence-electron chi connectivity index (χ4n) is 1.75. The van der Waals surface area contributed by atoms with E-state index in [1.807, 2.05) is 13.8 Å². The van der Waals surface area contributed by atoms with Crippen LogP contribution in [-0.2, 0) is 0 Å². The van der Waals surface area contributed by atoms with E-state index >= 15 is 0 Å². The third kappa shape index (κ3) is 7.90. The van der Waals surface area contributed by atoms with Gasteiger partial charge in [0, 0.05) is 19.6 Å². The van der Waals surface area contributed by atoms with Crippen molar-refractivity contribution in [2.75, 3.05) is 39.8 Å². The van der Waals surface area contributed by atoms with Crippen molar-refractivity contribution in [2.45, 2.75) is 20.0 Å². The monoisotopic (exact) mass is 242 g/mol. The summed E-state index contributed by atoms with van der Waals surface area (Å²) in [6, 6.07) is 0. The Labute approximate surface area is 94.6 Å². The highest BCUT2D eigenvalue weighted by Gasteiger charge is 2.32. The standard InChI is InChI=1S/C10H21F3N2O/c1-9(2,6-14-3)7-15(4-5-16)8-10(11,12)13/h14,16H,4-8H2,1-3H3. The third-order valence-electron chi connectivity index (χ3n) is 2.13. The van der Waals surface area contributed by atoms with Gasteiger partial charge >= 0.3 is 6.18 Å². The molecule has 0 unspecified atom stereocenters. The Morgan fingerprint density at radius 2 is 1.75 bits per heavy atom. The summed E-state index contributed by atoms with van der Waals surface area (Å²) in [5.74, 6) is 0. The van der Waals surface area contributed by atoms with Crippen LogP contribution in [0.4, 0.5) is 13.2 Å². The van der Waals surface area contributed by atoms with Gasteiger partial charge in [0.15, 0.2) is 0 Å². The van der Waals surface area contributed by atoms with Gasteiger partial charge in [-0.25, -0.2) is 0 Å². The first-order chi connectivity index (χ1) is 7.20. The average molecular weight is 242 g/mol. The molecule has 0 aromatic carbocycles. The van der Waals surface area contributed by atoms with Crippen molar-refractivity contribution >= 4 is 0 Å². The van der Waals surface area contributed by atoms with Crippen LogP contribution in [0.3, 0.4) is 0 Å². The van der Waals surface area contributed by atoms with Gasteiger partial charge in [-0.1, -0.05) is 13.8 Å². The van der Waals surface area contributed by atoms with Crippen molar-refractivity contribution in [2.24, 2.45) is 5.41 Å². The molecule has 0 radical (unpaired) electrons. The summed E-state index contributed by atoms with van der Waals surface area (Å²) in [5.41, 5.74) is -0.255. The zero-order valence-electron chi connectivity index (χ0n) is 10.1. The molecule has 2 N–H and O–H groups in total. The van der Waals surface area contributed by atoms with Gasteiger partial charge in [-0.05, 0) is 12.5 Å². The number of hydrogen-bond acceptors (Lipinski definition) is 3. The molecule has 0 saturated heterocycles. The summed E-state index contributed by atoms with van der Waals surface area (Å²) in [7, 11) is 1.77. The quantitative estimate of drug-likeness (QED) is 0.701. The molecule has 0 spiro atoms. The summed E-state index contributed by atoms with van der Waals surface area (Å²) in [5, 5.41) is 11.7. The molecular formula is C10H21F3N2O. The van der Waals surface area contributed by atoms with Crippen molar-refractivity contribution in [1.82, 2.24) is 10.2 Å². The Morgan fingerprint density at radius 1 is 1.19 bits per heavy atom. The lowest BCUT2D eigenvalue weighted by Gasteiger charge is -2.32. The number of aliphatic hydroxyl groups is 1. The number of aliphatic hydroxyl groups excluding tert-OH is 1. The normalized spacial score (nSPS) is 13.5. The van der Waals surface area contributed by atoms with Crippen LogP contribution in [-0.4, -0.2) is 56.0 Å². The summed E-state index contributed by atoms with van der Waals surface area (Å²) >= 11 is 0. The second-order valence-corrected chi connectivity index (χ2v) is 4.74. The number of nitrogens with zero attached hydrogens (tertiary/aromatic N) is 1. The fraction of sp³-hybridized carbons (Fsp3) is 1.00. The van der Waals surface area contributed by atoms with Crippen LogP contribution in [0, 0.1) is 5.41 Å². The minimum absolute atomic E-state index is 0.0483. The van der Waals surface area contributed by atoms with Crippen LogP contribution in [0.25, 0.3) is 0 Å². The first-order valence-electron chi connectivity index (χ1n) is 5.25. The summed E-state index contributed by atoms with van der Waals surface area (Å²) in [4.78, 5) is 1.23. The van der Waals surface area contributed by atoms with E-state index in [4.69, 9.17) is 5.11 Å². The van der Waals surface area contributed by atoms with E-state index in [1.54, 1.807) is 7.05 Å². The zero-order chi connectivity index (χ0) is 12.8. The molecule has 0 aromatic rings. The highest BCUT2D eigenvalue weighted by molar-refractivity contribution is 4.77. The maximum Gasteiger partial charge on any atom is 0.401 e. The molecule has 0 aliphatic carbocycles. The van der Waals surface area contributed by atoms with Crippen LogP contribution in [0.15, 0.2) is 0 Å². The van der Waals surface area contributed by atoms with Gasteiger partial charge in [0.25, 0.3) is 0 Å². The van der Waals surface area contributed by atoms with Crippen molar-refractivity contribution in [3.63, 3.8) is 0 Å². The van der Waals surface area contributed by atoms with Crippen molar-refractivity contribution < 1.29 is 18.3 Å². The minimum atomic E-state index is -4.22. The van der Waals surface area contributed by atoms with E-state index in [2.05, 4.69) is 5.32 Å². The predicted molar refractivity (Wildman–Crippen MR) is 57.3 cm³/mol. The molecule has 0 saturated carbocycles. The van der Waals surface area contributed by atoms with Crippen LogP contribution in [0.2, 0.25) is 0 Å². The summed E-state index contributed by atoms with van der Waals surface area (Å²) < 4.78 is 36.8. The van der Waals surface area contributed by atoms with Gasteiger partial charge in [-0.15, -0.1) is 0 Å². The lowest BCUT2D eigenvalue weighted by molar-refractivity contribution is -0.149. The fourth-order valence-corrected chi connectivity index (χ4v) is 1.75. The van der Waals surface area contributed by atoms with Gasteiger partial charge in [0.2, 0.25) is 0 Å². The molecule has 0 heterocycles. The third-order valence-corrected chi connectivity index (χ3v) is 2.13. The maximum atomic E-state index is 12.3. The van der Waals surface area contributed by atoms with Crippen molar-refractivity contribution in [3.8, 4) is 0 Å². The maximum absolute atomic E-state index is 12.3. The van der Waals surface area contributed by atoms with Crippen molar-refractivity contribution in [3.05, 3.63) is 0 Å². The molecular weight excluding hydrogens is 221 g/mol. The molecule has 98 valence electrons. The Balaban J connectivity index is 4.32. The topological polar surface area (TPSA) is 35.5 Å². The van der Waals surface area contributed by atoms with E-state index in [0.717, 1.165) is 0 Å². The van der Waals surface area contributed by atoms with Crippen LogP contribution >= 0.6 is 0 Å². The molecule has 0 aromatic heterocycles. The largest absolute Gasteiger partial charge is 0.401 e. The Bertz CT molecular complexity index is 195. The molecule has 0 atom stereocenters. The van der Waals surface area contributed by atoms with E-state index in [9.17, 15) is 13.2 Å². The molecule has 3 nitrogen and oxygen atoms in total. The van der Waals surface area contributed by atoms with E-state index in [0.29, 0.717) is 13.1 Å². The Morgan fingerprint density at radius 3 is 2.12 bits per heavy atom. The number of nitrogens with one attached hydrogen (secondary N) is 1. The van der Waals surface area contributed by atoms with Crippen LogP contribution in [0.5, 0.6) is 0 Å². The summed E-state index contributed by atoms with van der Waals surface area (Å²) in [6.07, 6.45) is -4.22. The van der Waals surface area contributed by atoms with Crippen LogP contribution < -0.4 is 5.32 Å². The number of hydrogen-bond donors (Lipinski definition) is 2. The smallest absolute Gasteiger partial charge is 0.395 e. The SMILES string of the molecule is CNCC(C)(C)CN(CCO)CC(F)(F)F. The highest BCUT2D eigenvalue weighted by Crippen LogP contribution is 2.21. The molecule has 0 rings (SSSR count). The van der Waals surface area contributed by atoms with E-state index < -0.39 is 12.7 Å². The van der Waals surface area contributed by atoms with Gasteiger partial charge < -0.3 is 10.4 Å². The van der Waals surface area contributed by atoms with Gasteiger partial charge in [-0.2, -0.15) is 13.2 Å². The first-order valence-corrected chi connectivity index (χ1v) is 5.25. The molecule has 0 amide bonds. The lowest BCUT2D eigenvalue weighted by atomic mass is 9.92. The molecule has 0 bridgehead atoms. The van der Waals surface area contributed by atoms with E-state index in [-0.39, 0.29) is 18.6 Å². The van der Waals surface area contributed by atoms with Gasteiger partial charge in [-0.3, -0.25) is 4.90 Å². The molecule has 16 heavy (non-hydrogen) atoms. The second-order valence-electron chi connectivity index (χ2n) is 4.74. The Kier molecular flexibility index (Phi) is 6.28. The molecule has 6 heteroatoms. The number of rotatable bonds is 7. The number of halogens is 3.